The summed E-state index contributed by atoms with van der Waals surface area (Å²) in [6, 6.07) is 15.1. The van der Waals surface area contributed by atoms with Crippen LogP contribution in [0.2, 0.25) is 5.02 Å². The maximum absolute atomic E-state index is 12.4. The standard InChI is InChI=1S/C19H11ClN2O3/c20-14-4-3-5-15(9-14)22-19(24)12(10-21)8-13-11-25-17-7-2-1-6-16(17)18(13)23/h1-9,11H,(H,22,24). The molecule has 1 heterocycles. The third kappa shape index (κ3) is 3.60. The van der Waals surface area contributed by atoms with Crippen LogP contribution in [0.15, 0.2) is 69.6 Å². The second-order valence-corrected chi connectivity index (χ2v) is 5.59. The number of fused-ring (bicyclic) bond motifs is 1. The zero-order valence-electron chi connectivity index (χ0n) is 12.8. The first-order valence-electron chi connectivity index (χ1n) is 7.28. The van der Waals surface area contributed by atoms with Crippen LogP contribution in [0.3, 0.4) is 0 Å². The van der Waals surface area contributed by atoms with Crippen molar-refractivity contribution >= 4 is 40.2 Å². The maximum Gasteiger partial charge on any atom is 0.266 e. The van der Waals surface area contributed by atoms with Crippen LogP contribution >= 0.6 is 11.6 Å². The van der Waals surface area contributed by atoms with Crippen LogP contribution in [0.5, 0.6) is 0 Å². The molecular weight excluding hydrogens is 340 g/mol. The molecule has 0 aliphatic carbocycles. The number of para-hydroxylation sites is 1. The van der Waals surface area contributed by atoms with Crippen molar-refractivity contribution in [2.45, 2.75) is 0 Å². The first-order chi connectivity index (χ1) is 12.1. The van der Waals surface area contributed by atoms with E-state index in [1.807, 2.05) is 0 Å². The molecule has 25 heavy (non-hydrogen) atoms. The van der Waals surface area contributed by atoms with E-state index in [4.69, 9.17) is 16.0 Å². The van der Waals surface area contributed by atoms with Gasteiger partial charge in [-0.3, -0.25) is 9.59 Å². The van der Waals surface area contributed by atoms with Crippen molar-refractivity contribution < 1.29 is 9.21 Å². The molecule has 0 bridgehead atoms. The van der Waals surface area contributed by atoms with Gasteiger partial charge < -0.3 is 9.73 Å². The monoisotopic (exact) mass is 350 g/mol. The average Bonchev–Trinajstić information content (AvgIpc) is 2.61. The summed E-state index contributed by atoms with van der Waals surface area (Å²) in [5.74, 6) is -0.641. The highest BCUT2D eigenvalue weighted by Gasteiger charge is 2.12. The number of carbonyl (C=O) groups is 1. The van der Waals surface area contributed by atoms with Crippen molar-refractivity contribution in [1.82, 2.24) is 0 Å². The minimum Gasteiger partial charge on any atom is -0.463 e. The van der Waals surface area contributed by atoms with E-state index in [0.29, 0.717) is 21.7 Å². The molecule has 3 rings (SSSR count). The van der Waals surface area contributed by atoms with Gasteiger partial charge in [0.25, 0.3) is 5.91 Å². The molecule has 0 aliphatic rings. The fourth-order valence-corrected chi connectivity index (χ4v) is 2.45. The van der Waals surface area contributed by atoms with Crippen molar-refractivity contribution in [2.24, 2.45) is 0 Å². The van der Waals surface area contributed by atoms with Gasteiger partial charge in [-0.15, -0.1) is 0 Å². The Labute approximate surface area is 147 Å². The van der Waals surface area contributed by atoms with E-state index in [1.54, 1.807) is 54.6 Å². The van der Waals surface area contributed by atoms with E-state index in [0.717, 1.165) is 0 Å². The van der Waals surface area contributed by atoms with Gasteiger partial charge in [0.1, 0.15) is 23.5 Å². The molecule has 0 atom stereocenters. The zero-order chi connectivity index (χ0) is 17.8. The van der Waals surface area contributed by atoms with Crippen LogP contribution in [0.4, 0.5) is 5.69 Å². The van der Waals surface area contributed by atoms with Crippen LogP contribution in [0.1, 0.15) is 5.56 Å². The van der Waals surface area contributed by atoms with Crippen molar-refractivity contribution in [3.05, 3.63) is 81.2 Å². The molecular formula is C19H11ClN2O3. The zero-order valence-corrected chi connectivity index (χ0v) is 13.6. The fourth-order valence-electron chi connectivity index (χ4n) is 2.26. The van der Waals surface area contributed by atoms with Crippen molar-refractivity contribution in [1.29, 1.82) is 5.26 Å². The summed E-state index contributed by atoms with van der Waals surface area (Å²) in [6.45, 7) is 0. The number of amides is 1. The largest absolute Gasteiger partial charge is 0.463 e. The molecule has 6 heteroatoms. The van der Waals surface area contributed by atoms with E-state index < -0.39 is 5.91 Å². The van der Waals surface area contributed by atoms with Crippen LogP contribution in [0.25, 0.3) is 17.0 Å². The number of nitrogens with one attached hydrogen (secondary N) is 1. The third-order valence-corrected chi connectivity index (χ3v) is 3.69. The highest BCUT2D eigenvalue weighted by Crippen LogP contribution is 2.17. The highest BCUT2D eigenvalue weighted by atomic mass is 35.5. The molecule has 5 nitrogen and oxygen atoms in total. The number of benzene rings is 2. The van der Waals surface area contributed by atoms with Gasteiger partial charge in [0.05, 0.1) is 10.9 Å². The topological polar surface area (TPSA) is 83.1 Å². The molecule has 0 fully saturated rings. The van der Waals surface area contributed by atoms with Gasteiger partial charge in [0.15, 0.2) is 5.43 Å². The van der Waals surface area contributed by atoms with E-state index in [-0.39, 0.29) is 16.6 Å². The smallest absolute Gasteiger partial charge is 0.266 e. The van der Waals surface area contributed by atoms with Crippen LogP contribution in [-0.4, -0.2) is 5.91 Å². The van der Waals surface area contributed by atoms with Crippen LogP contribution in [0, 0.1) is 11.3 Å². The SMILES string of the molecule is N#CC(=Cc1coc2ccccc2c1=O)C(=O)Nc1cccc(Cl)c1. The predicted molar refractivity (Wildman–Crippen MR) is 96.2 cm³/mol. The number of halogens is 1. The summed E-state index contributed by atoms with van der Waals surface area (Å²) >= 11 is 5.86. The maximum atomic E-state index is 12.4. The van der Waals surface area contributed by atoms with Crippen LogP contribution in [-0.2, 0) is 4.79 Å². The van der Waals surface area contributed by atoms with Gasteiger partial charge in [-0.05, 0) is 36.4 Å². The number of nitrogens with zero attached hydrogens (tertiary/aromatic N) is 1. The highest BCUT2D eigenvalue weighted by molar-refractivity contribution is 6.31. The molecule has 0 saturated heterocycles. The molecule has 122 valence electrons. The summed E-state index contributed by atoms with van der Waals surface area (Å²) in [5.41, 5.74) is 0.472. The van der Waals surface area contributed by atoms with Gasteiger partial charge in [-0.1, -0.05) is 29.8 Å². The Balaban J connectivity index is 1.95. The van der Waals surface area contributed by atoms with E-state index >= 15 is 0 Å². The molecule has 1 aromatic heterocycles. The normalized spacial score (nSPS) is 11.1. The molecule has 0 saturated carbocycles. The second kappa shape index (κ2) is 7.04. The Kier molecular flexibility index (Phi) is 4.64. The number of carbonyl (C=O) groups excluding carboxylic acids is 1. The Morgan fingerprint density at radius 2 is 2.00 bits per heavy atom. The second-order valence-electron chi connectivity index (χ2n) is 5.15. The minimum absolute atomic E-state index is 0.122. The fraction of sp³-hybridized carbons (Fsp3) is 0. The van der Waals surface area contributed by atoms with Crippen molar-refractivity contribution in [2.75, 3.05) is 5.32 Å². The summed E-state index contributed by atoms with van der Waals surface area (Å²) in [5, 5.41) is 12.7. The lowest BCUT2D eigenvalue weighted by atomic mass is 10.1. The number of hydrogen-bond acceptors (Lipinski definition) is 4. The number of anilines is 1. The Morgan fingerprint density at radius 3 is 2.76 bits per heavy atom. The molecule has 0 aliphatic heterocycles. The third-order valence-electron chi connectivity index (χ3n) is 3.45. The molecule has 1 N–H and O–H groups in total. The van der Waals surface area contributed by atoms with E-state index in [9.17, 15) is 14.9 Å². The molecule has 1 amide bonds. The Morgan fingerprint density at radius 1 is 1.20 bits per heavy atom. The Bertz CT molecular complexity index is 1090. The Hall–Kier alpha value is -3.36. The van der Waals surface area contributed by atoms with Gasteiger partial charge >= 0.3 is 0 Å². The van der Waals surface area contributed by atoms with Crippen LogP contribution < -0.4 is 10.7 Å². The number of rotatable bonds is 3. The van der Waals surface area contributed by atoms with Crippen molar-refractivity contribution in [3.8, 4) is 6.07 Å². The summed E-state index contributed by atoms with van der Waals surface area (Å²) < 4.78 is 5.38. The number of nitriles is 1. The predicted octanol–water partition coefficient (Wildman–Crippen LogP) is 3.99. The quantitative estimate of drug-likeness (QED) is 0.571. The van der Waals surface area contributed by atoms with Crippen molar-refractivity contribution in [3.63, 3.8) is 0 Å². The van der Waals surface area contributed by atoms with Gasteiger partial charge in [-0.25, -0.2) is 0 Å². The molecule has 3 aromatic rings. The molecule has 0 radical (unpaired) electrons. The summed E-state index contributed by atoms with van der Waals surface area (Å²) in [7, 11) is 0. The molecule has 0 unspecified atom stereocenters. The van der Waals surface area contributed by atoms with E-state index in [1.165, 1.54) is 12.3 Å². The van der Waals surface area contributed by atoms with E-state index in [2.05, 4.69) is 5.32 Å². The lowest BCUT2D eigenvalue weighted by molar-refractivity contribution is -0.112. The number of hydrogen-bond donors (Lipinski definition) is 1. The summed E-state index contributed by atoms with van der Waals surface area (Å²) in [4.78, 5) is 24.7. The lowest BCUT2D eigenvalue weighted by Crippen LogP contribution is -2.14. The molecule has 2 aromatic carbocycles. The minimum atomic E-state index is -0.641. The van der Waals surface area contributed by atoms with Gasteiger partial charge in [0, 0.05) is 10.7 Å². The summed E-state index contributed by atoms with van der Waals surface area (Å²) in [6.07, 6.45) is 2.44. The lowest BCUT2D eigenvalue weighted by Gasteiger charge is -2.04. The first-order valence-corrected chi connectivity index (χ1v) is 7.65. The van der Waals surface area contributed by atoms with Gasteiger partial charge in [0.2, 0.25) is 0 Å². The average molecular weight is 351 g/mol. The van der Waals surface area contributed by atoms with Gasteiger partial charge in [-0.2, -0.15) is 5.26 Å². The molecule has 0 spiro atoms. The first kappa shape index (κ1) is 16.5.